The number of carbonyl (C=O) groups is 3. The van der Waals surface area contributed by atoms with E-state index >= 15 is 0 Å². The summed E-state index contributed by atoms with van der Waals surface area (Å²) < 4.78 is 5.49. The number of hydrogen-bond acceptors (Lipinski definition) is 5. The maximum atomic E-state index is 14.3. The van der Waals surface area contributed by atoms with E-state index in [-0.39, 0.29) is 11.8 Å². The van der Waals surface area contributed by atoms with Crippen LogP contribution in [0, 0.1) is 0 Å². The second-order valence-corrected chi connectivity index (χ2v) is 12.4. The molecule has 2 N–H and O–H groups in total. The number of ether oxygens (including phenoxy) is 1. The van der Waals surface area contributed by atoms with Crippen LogP contribution in [0.5, 0.6) is 0 Å². The molecule has 3 amide bonds. The van der Waals surface area contributed by atoms with E-state index in [4.69, 9.17) is 4.74 Å². The molecule has 0 aliphatic heterocycles. The van der Waals surface area contributed by atoms with Crippen molar-refractivity contribution in [2.45, 2.75) is 77.5 Å². The third kappa shape index (κ3) is 10.1. The first-order chi connectivity index (χ1) is 20.1. The Morgan fingerprint density at radius 2 is 1.60 bits per heavy atom. The largest absolute Gasteiger partial charge is 0.444 e. The average molecular weight is 592 g/mol. The molecule has 0 aliphatic rings. The molecular formula is C34H45N3O4S. The zero-order valence-corrected chi connectivity index (χ0v) is 26.3. The van der Waals surface area contributed by atoms with Crippen molar-refractivity contribution in [2.24, 2.45) is 0 Å². The number of nitrogens with one attached hydrogen (secondary N) is 2. The van der Waals surface area contributed by atoms with Crippen molar-refractivity contribution in [3.63, 3.8) is 0 Å². The molecular weight excluding hydrogens is 546 g/mol. The van der Waals surface area contributed by atoms with Crippen LogP contribution in [0.1, 0.15) is 71.4 Å². The molecule has 7 nitrogen and oxygen atoms in total. The second-order valence-electron chi connectivity index (χ2n) is 11.4. The SMILES string of the molecule is CCCCCCN(C(=O)C(CCSC)NC(=O)OC(C)(C)C)C(C(=O)Nc1ccc2ccccc2c1)c1ccccc1. The van der Waals surface area contributed by atoms with Gasteiger partial charge in [0.2, 0.25) is 5.91 Å². The summed E-state index contributed by atoms with van der Waals surface area (Å²) in [7, 11) is 0. The lowest BCUT2D eigenvalue weighted by molar-refractivity contribution is -0.141. The number of unbranched alkanes of at least 4 members (excludes halogenated alkanes) is 3. The van der Waals surface area contributed by atoms with Gasteiger partial charge in [0.1, 0.15) is 17.7 Å². The number of amides is 3. The van der Waals surface area contributed by atoms with Gasteiger partial charge in [-0.2, -0.15) is 11.8 Å². The summed E-state index contributed by atoms with van der Waals surface area (Å²) in [6.45, 7) is 7.88. The van der Waals surface area contributed by atoms with Gasteiger partial charge < -0.3 is 20.3 Å². The van der Waals surface area contributed by atoms with Crippen LogP contribution in [0.15, 0.2) is 72.8 Å². The van der Waals surface area contributed by atoms with E-state index in [2.05, 4.69) is 17.6 Å². The third-order valence-electron chi connectivity index (χ3n) is 6.83. The van der Waals surface area contributed by atoms with Crippen LogP contribution in [-0.2, 0) is 14.3 Å². The molecule has 0 spiro atoms. The molecule has 0 aromatic heterocycles. The Balaban J connectivity index is 1.98. The van der Waals surface area contributed by atoms with E-state index in [1.807, 2.05) is 79.1 Å². The number of thioether (sulfide) groups is 1. The summed E-state index contributed by atoms with van der Waals surface area (Å²) in [5, 5.41) is 7.97. The first-order valence-corrected chi connectivity index (χ1v) is 16.2. The Bertz CT molecular complexity index is 1310. The molecule has 0 aliphatic carbocycles. The summed E-state index contributed by atoms with van der Waals surface area (Å²) in [5.74, 6) is 0.0601. The van der Waals surface area contributed by atoms with Crippen molar-refractivity contribution in [2.75, 3.05) is 23.9 Å². The third-order valence-corrected chi connectivity index (χ3v) is 7.47. The summed E-state index contributed by atoms with van der Waals surface area (Å²) >= 11 is 1.60. The minimum absolute atomic E-state index is 0.297. The highest BCUT2D eigenvalue weighted by atomic mass is 32.2. The van der Waals surface area contributed by atoms with Gasteiger partial charge in [-0.1, -0.05) is 86.8 Å². The normalized spacial score (nSPS) is 12.8. The highest BCUT2D eigenvalue weighted by Crippen LogP contribution is 2.27. The van der Waals surface area contributed by atoms with Crippen molar-refractivity contribution < 1.29 is 19.1 Å². The molecule has 3 aromatic carbocycles. The maximum absolute atomic E-state index is 14.3. The molecule has 226 valence electrons. The first kappa shape index (κ1) is 33.0. The van der Waals surface area contributed by atoms with Gasteiger partial charge in [0.05, 0.1) is 0 Å². The Morgan fingerprint density at radius 3 is 2.26 bits per heavy atom. The van der Waals surface area contributed by atoms with Gasteiger partial charge in [-0.05, 0) is 74.1 Å². The molecule has 0 heterocycles. The zero-order valence-electron chi connectivity index (χ0n) is 25.5. The average Bonchev–Trinajstić information content (AvgIpc) is 2.96. The first-order valence-electron chi connectivity index (χ1n) is 14.8. The van der Waals surface area contributed by atoms with E-state index in [0.29, 0.717) is 30.0 Å². The number of benzene rings is 3. The van der Waals surface area contributed by atoms with Gasteiger partial charge in [0.25, 0.3) is 5.91 Å². The van der Waals surface area contributed by atoms with E-state index in [1.54, 1.807) is 37.4 Å². The maximum Gasteiger partial charge on any atom is 0.408 e. The van der Waals surface area contributed by atoms with Crippen molar-refractivity contribution in [1.82, 2.24) is 10.2 Å². The summed E-state index contributed by atoms with van der Waals surface area (Å²) in [6, 6.07) is 21.4. The molecule has 42 heavy (non-hydrogen) atoms. The minimum Gasteiger partial charge on any atom is -0.444 e. The van der Waals surface area contributed by atoms with Gasteiger partial charge in [-0.25, -0.2) is 4.79 Å². The standard InChI is InChI=1S/C34H45N3O4S/c1-6-7-8-14-22-37(32(39)29(21-23-42-5)36-33(40)41-34(2,3)4)30(26-16-10-9-11-17-26)31(38)35-28-20-19-25-15-12-13-18-27(25)24-28/h9-13,15-20,24,29-30H,6-8,14,21-23H2,1-5H3,(H,35,38)(H,36,40). The highest BCUT2D eigenvalue weighted by Gasteiger charge is 2.36. The molecule has 3 aromatic rings. The Kier molecular flexibility index (Phi) is 12.7. The van der Waals surface area contributed by atoms with Crippen molar-refractivity contribution >= 4 is 46.1 Å². The number of hydrogen-bond donors (Lipinski definition) is 2. The fourth-order valence-corrected chi connectivity index (χ4v) is 5.28. The van der Waals surface area contributed by atoms with Gasteiger partial charge in [-0.3, -0.25) is 9.59 Å². The predicted octanol–water partition coefficient (Wildman–Crippen LogP) is 7.57. The topological polar surface area (TPSA) is 87.7 Å². The van der Waals surface area contributed by atoms with Crippen molar-refractivity contribution in [1.29, 1.82) is 0 Å². The lowest BCUT2D eigenvalue weighted by Gasteiger charge is -2.34. The number of rotatable bonds is 14. The number of alkyl carbamates (subject to hydrolysis) is 1. The van der Waals surface area contributed by atoms with Crippen LogP contribution < -0.4 is 10.6 Å². The van der Waals surface area contributed by atoms with Crippen molar-refractivity contribution in [3.8, 4) is 0 Å². The van der Waals surface area contributed by atoms with Crippen molar-refractivity contribution in [3.05, 3.63) is 78.4 Å². The second kappa shape index (κ2) is 16.2. The Labute approximate surface area is 254 Å². The molecule has 8 heteroatoms. The van der Waals surface area contributed by atoms with Gasteiger partial charge >= 0.3 is 6.09 Å². The highest BCUT2D eigenvalue weighted by molar-refractivity contribution is 7.98. The predicted molar refractivity (Wildman–Crippen MR) is 174 cm³/mol. The monoisotopic (exact) mass is 591 g/mol. The molecule has 0 fully saturated rings. The Morgan fingerprint density at radius 1 is 0.905 bits per heavy atom. The van der Waals surface area contributed by atoms with Gasteiger partial charge in [-0.15, -0.1) is 0 Å². The molecule has 3 rings (SSSR count). The van der Waals surface area contributed by atoms with Gasteiger partial charge in [0.15, 0.2) is 0 Å². The van der Waals surface area contributed by atoms with E-state index in [9.17, 15) is 14.4 Å². The number of anilines is 1. The molecule has 0 saturated carbocycles. The fourth-order valence-electron chi connectivity index (χ4n) is 4.80. The smallest absolute Gasteiger partial charge is 0.408 e. The van der Waals surface area contributed by atoms with Crippen LogP contribution in [0.3, 0.4) is 0 Å². The van der Waals surface area contributed by atoms with Crippen LogP contribution in [0.25, 0.3) is 10.8 Å². The van der Waals surface area contributed by atoms with E-state index < -0.39 is 23.8 Å². The summed E-state index contributed by atoms with van der Waals surface area (Å²) in [5.41, 5.74) is 0.660. The molecule has 0 saturated heterocycles. The van der Waals surface area contributed by atoms with Gasteiger partial charge in [0, 0.05) is 12.2 Å². The molecule has 0 radical (unpaired) electrons. The summed E-state index contributed by atoms with van der Waals surface area (Å²) in [4.78, 5) is 42.9. The molecule has 0 bridgehead atoms. The Hall–Kier alpha value is -3.52. The lowest BCUT2D eigenvalue weighted by atomic mass is 10.0. The van der Waals surface area contributed by atoms with Crippen LogP contribution in [0.2, 0.25) is 0 Å². The lowest BCUT2D eigenvalue weighted by Crippen LogP contribution is -2.52. The number of carbonyl (C=O) groups excluding carboxylic acids is 3. The number of nitrogens with zero attached hydrogens (tertiary/aromatic N) is 1. The fraction of sp³-hybridized carbons (Fsp3) is 0.441. The minimum atomic E-state index is -0.885. The van der Waals surface area contributed by atoms with Crippen LogP contribution in [-0.4, -0.2) is 53.0 Å². The number of fused-ring (bicyclic) bond motifs is 1. The quantitative estimate of drug-likeness (QED) is 0.189. The van der Waals surface area contributed by atoms with Crippen LogP contribution >= 0.6 is 11.8 Å². The zero-order chi connectivity index (χ0) is 30.5. The van der Waals surface area contributed by atoms with E-state index in [0.717, 1.165) is 36.5 Å². The van der Waals surface area contributed by atoms with Crippen LogP contribution in [0.4, 0.5) is 10.5 Å². The van der Waals surface area contributed by atoms with E-state index in [1.165, 1.54) is 0 Å². The molecule has 2 unspecified atom stereocenters. The summed E-state index contributed by atoms with van der Waals surface area (Å²) in [6.07, 6.45) is 5.49. The molecule has 2 atom stereocenters.